The van der Waals surface area contributed by atoms with Crippen LogP contribution in [-0.2, 0) is 16.0 Å². The van der Waals surface area contributed by atoms with E-state index in [4.69, 9.17) is 0 Å². The van der Waals surface area contributed by atoms with Gasteiger partial charge < -0.3 is 14.8 Å². The number of amides is 2. The minimum atomic E-state index is -0.428. The molecule has 25 heavy (non-hydrogen) atoms. The van der Waals surface area contributed by atoms with Crippen molar-refractivity contribution in [1.82, 2.24) is 14.8 Å². The molecule has 4 heterocycles. The summed E-state index contributed by atoms with van der Waals surface area (Å²) in [6.07, 6.45) is 0.564. The molecule has 1 fully saturated rings. The number of rotatable bonds is 1. The standard InChI is InChI=1S/C19H17N3O2S/c1-21-9-16(23)22-15(19(21)24)8-13-12-4-2-3-5-14(12)20-17(13)18(22)11-6-7-25-10-11/h2-7,10,15,18,20H,8-9H2,1H3/t15-,18+/m1/s1. The number of aromatic nitrogens is 1. The molecule has 0 saturated carbocycles. The average molecular weight is 351 g/mol. The summed E-state index contributed by atoms with van der Waals surface area (Å²) in [4.78, 5) is 32.5. The number of nitrogens with zero attached hydrogens (tertiary/aromatic N) is 2. The topological polar surface area (TPSA) is 56.4 Å². The van der Waals surface area contributed by atoms with Gasteiger partial charge in [-0.3, -0.25) is 9.59 Å². The molecule has 3 aromatic rings. The zero-order valence-corrected chi connectivity index (χ0v) is 14.5. The molecule has 2 atom stereocenters. The second-order valence-electron chi connectivity index (χ2n) is 6.74. The van der Waals surface area contributed by atoms with Gasteiger partial charge in [0.25, 0.3) is 0 Å². The SMILES string of the molecule is CN1CC(=O)N2[C@@H](c3ccsc3)c3[nH]c4ccccc4c3C[C@@H]2C1=O. The largest absolute Gasteiger partial charge is 0.356 e. The van der Waals surface area contributed by atoms with Crippen molar-refractivity contribution < 1.29 is 9.59 Å². The fourth-order valence-corrected chi connectivity index (χ4v) is 4.86. The first-order chi connectivity index (χ1) is 12.1. The maximum absolute atomic E-state index is 12.8. The van der Waals surface area contributed by atoms with Crippen LogP contribution in [0, 0.1) is 0 Å². The lowest BCUT2D eigenvalue weighted by Gasteiger charge is -2.46. The van der Waals surface area contributed by atoms with Crippen LogP contribution >= 0.6 is 11.3 Å². The number of nitrogens with one attached hydrogen (secondary N) is 1. The highest BCUT2D eigenvalue weighted by Crippen LogP contribution is 2.42. The van der Waals surface area contributed by atoms with Gasteiger partial charge in [-0.05, 0) is 34.0 Å². The lowest BCUT2D eigenvalue weighted by molar-refractivity contribution is -0.157. The molecule has 0 bridgehead atoms. The normalized spacial score (nSPS) is 23.1. The quantitative estimate of drug-likeness (QED) is 0.732. The van der Waals surface area contributed by atoms with Gasteiger partial charge in [-0.25, -0.2) is 0 Å². The Morgan fingerprint density at radius 3 is 2.84 bits per heavy atom. The fraction of sp³-hybridized carbons (Fsp3) is 0.263. The Kier molecular flexibility index (Phi) is 3.06. The molecule has 2 aromatic heterocycles. The highest BCUT2D eigenvalue weighted by atomic mass is 32.1. The average Bonchev–Trinajstić information content (AvgIpc) is 3.25. The summed E-state index contributed by atoms with van der Waals surface area (Å²) in [7, 11) is 1.71. The van der Waals surface area contributed by atoms with E-state index in [1.54, 1.807) is 28.2 Å². The molecular weight excluding hydrogens is 334 g/mol. The molecule has 0 radical (unpaired) electrons. The van der Waals surface area contributed by atoms with E-state index in [9.17, 15) is 9.59 Å². The summed E-state index contributed by atoms with van der Waals surface area (Å²) in [5.74, 6) is 0.0309. The number of para-hydroxylation sites is 1. The van der Waals surface area contributed by atoms with Gasteiger partial charge in [-0.15, -0.1) is 0 Å². The Balaban J connectivity index is 1.77. The maximum atomic E-state index is 12.8. The lowest BCUT2D eigenvalue weighted by Crippen LogP contribution is -2.62. The van der Waals surface area contributed by atoms with Gasteiger partial charge in [0.1, 0.15) is 6.04 Å². The second kappa shape index (κ2) is 5.20. The Morgan fingerprint density at radius 2 is 2.04 bits per heavy atom. The van der Waals surface area contributed by atoms with Crippen LogP contribution in [0.1, 0.15) is 22.9 Å². The first-order valence-electron chi connectivity index (χ1n) is 8.33. The van der Waals surface area contributed by atoms with Gasteiger partial charge in [0.2, 0.25) is 11.8 Å². The van der Waals surface area contributed by atoms with Crippen LogP contribution in [0.2, 0.25) is 0 Å². The van der Waals surface area contributed by atoms with Crippen molar-refractivity contribution in [3.8, 4) is 0 Å². The molecule has 5 nitrogen and oxygen atoms in total. The van der Waals surface area contributed by atoms with Crippen LogP contribution in [0.3, 0.4) is 0 Å². The van der Waals surface area contributed by atoms with E-state index in [1.807, 2.05) is 29.6 Å². The Labute approximate surface area is 148 Å². The van der Waals surface area contributed by atoms with E-state index in [0.717, 1.165) is 27.7 Å². The molecule has 0 spiro atoms. The molecule has 0 unspecified atom stereocenters. The number of hydrogen-bond donors (Lipinski definition) is 1. The summed E-state index contributed by atoms with van der Waals surface area (Å²) < 4.78 is 0. The van der Waals surface area contributed by atoms with Gasteiger partial charge in [0, 0.05) is 30.1 Å². The van der Waals surface area contributed by atoms with Gasteiger partial charge in [-0.1, -0.05) is 18.2 Å². The van der Waals surface area contributed by atoms with E-state index < -0.39 is 6.04 Å². The molecule has 0 aliphatic carbocycles. The van der Waals surface area contributed by atoms with Crippen LogP contribution in [-0.4, -0.2) is 46.2 Å². The number of carbonyl (C=O) groups is 2. The fourth-order valence-electron chi connectivity index (χ4n) is 4.18. The summed E-state index contributed by atoms with van der Waals surface area (Å²) >= 11 is 1.61. The minimum Gasteiger partial charge on any atom is -0.356 e. The van der Waals surface area contributed by atoms with Gasteiger partial charge in [0.05, 0.1) is 12.6 Å². The Hall–Kier alpha value is -2.60. The smallest absolute Gasteiger partial charge is 0.245 e. The van der Waals surface area contributed by atoms with Crippen molar-refractivity contribution in [2.75, 3.05) is 13.6 Å². The third kappa shape index (κ3) is 2.00. The predicted octanol–water partition coefficient (Wildman–Crippen LogP) is 2.54. The van der Waals surface area contributed by atoms with E-state index >= 15 is 0 Å². The van der Waals surface area contributed by atoms with Gasteiger partial charge in [-0.2, -0.15) is 11.3 Å². The van der Waals surface area contributed by atoms with E-state index in [1.165, 1.54) is 0 Å². The van der Waals surface area contributed by atoms with Crippen LogP contribution in [0.4, 0.5) is 0 Å². The summed E-state index contributed by atoms with van der Waals surface area (Å²) in [6, 6.07) is 9.55. The minimum absolute atomic E-state index is 0.00704. The number of likely N-dealkylation sites (N-methyl/N-ethyl adjacent to an activating group) is 1. The van der Waals surface area contributed by atoms with Crippen LogP contribution in [0.5, 0.6) is 0 Å². The zero-order chi connectivity index (χ0) is 17.1. The molecule has 2 aliphatic heterocycles. The first kappa shape index (κ1) is 14.7. The molecule has 6 heteroatoms. The maximum Gasteiger partial charge on any atom is 0.245 e. The Bertz CT molecular complexity index is 991. The number of carbonyl (C=O) groups excluding carboxylic acids is 2. The Morgan fingerprint density at radius 1 is 1.20 bits per heavy atom. The second-order valence-corrected chi connectivity index (χ2v) is 7.52. The number of benzene rings is 1. The van der Waals surface area contributed by atoms with Crippen molar-refractivity contribution in [3.05, 3.63) is 57.9 Å². The first-order valence-corrected chi connectivity index (χ1v) is 9.27. The van der Waals surface area contributed by atoms with Crippen molar-refractivity contribution in [2.24, 2.45) is 0 Å². The molecule has 2 amide bonds. The molecule has 5 rings (SSSR count). The van der Waals surface area contributed by atoms with Crippen molar-refractivity contribution in [1.29, 1.82) is 0 Å². The number of piperazine rings is 1. The third-order valence-corrected chi connectivity index (χ3v) is 6.01. The number of fused-ring (bicyclic) bond motifs is 4. The number of thiophene rings is 1. The number of H-pyrrole nitrogens is 1. The van der Waals surface area contributed by atoms with Crippen LogP contribution in [0.15, 0.2) is 41.1 Å². The van der Waals surface area contributed by atoms with Crippen molar-refractivity contribution in [2.45, 2.75) is 18.5 Å². The van der Waals surface area contributed by atoms with Crippen molar-refractivity contribution >= 4 is 34.1 Å². The molecule has 1 aromatic carbocycles. The molecular formula is C19H17N3O2S. The third-order valence-electron chi connectivity index (χ3n) is 5.31. The van der Waals surface area contributed by atoms with Gasteiger partial charge in [0.15, 0.2) is 0 Å². The zero-order valence-electron chi connectivity index (χ0n) is 13.7. The predicted molar refractivity (Wildman–Crippen MR) is 96.4 cm³/mol. The van der Waals surface area contributed by atoms with Crippen LogP contribution < -0.4 is 0 Å². The molecule has 1 saturated heterocycles. The van der Waals surface area contributed by atoms with E-state index in [0.29, 0.717) is 6.42 Å². The lowest BCUT2D eigenvalue weighted by atomic mass is 9.87. The molecule has 2 aliphatic rings. The number of hydrogen-bond acceptors (Lipinski definition) is 3. The summed E-state index contributed by atoms with van der Waals surface area (Å²) in [5.41, 5.74) is 4.32. The van der Waals surface area contributed by atoms with E-state index in [2.05, 4.69) is 16.4 Å². The van der Waals surface area contributed by atoms with E-state index in [-0.39, 0.29) is 24.4 Å². The molecule has 1 N–H and O–H groups in total. The van der Waals surface area contributed by atoms with Gasteiger partial charge >= 0.3 is 0 Å². The summed E-state index contributed by atoms with van der Waals surface area (Å²) in [6.45, 7) is 0.144. The monoisotopic (exact) mass is 351 g/mol. The summed E-state index contributed by atoms with van der Waals surface area (Å²) in [5, 5.41) is 5.23. The highest BCUT2D eigenvalue weighted by molar-refractivity contribution is 7.08. The molecule has 126 valence electrons. The van der Waals surface area contributed by atoms with Crippen LogP contribution in [0.25, 0.3) is 10.9 Å². The number of aromatic amines is 1. The highest BCUT2D eigenvalue weighted by Gasteiger charge is 2.47. The van der Waals surface area contributed by atoms with Crippen molar-refractivity contribution in [3.63, 3.8) is 0 Å².